The summed E-state index contributed by atoms with van der Waals surface area (Å²) in [6.45, 7) is 6.69. The number of hydrogen-bond donors (Lipinski definition) is 4. The standard InChI is InChI=1S/C36H45F3N6O9S/c1-5-53-22-10-11-24-25(15-22)41-30(28(40-24)36(37,38)39)54-23-16-26-29(46)43-35(32(48)44-55(51,52)34(4)12-13-34)17-21(35)9-7-6-8-19(2)14-20(3)27(42-33(49)50)31(47)45(26)18-23/h7,9-11,15,19-21,23,26-27,42H,5-6,8,12-14,16-18H2,1-4H3,(H,43,46)(H,44,48)(H,49,50)/b9-7-/t19-,20-,21-,23-,26+,27+,35-/m1/s1. The van der Waals surface area contributed by atoms with Gasteiger partial charge in [-0.2, -0.15) is 13.2 Å². The summed E-state index contributed by atoms with van der Waals surface area (Å²) in [5, 5.41) is 14.7. The van der Waals surface area contributed by atoms with E-state index in [4.69, 9.17) is 9.47 Å². The molecular weight excluding hydrogens is 749 g/mol. The van der Waals surface area contributed by atoms with Crippen LogP contribution in [-0.4, -0.2) is 93.8 Å². The number of ether oxygens (including phenoxy) is 2. The molecule has 0 bridgehead atoms. The molecule has 55 heavy (non-hydrogen) atoms. The van der Waals surface area contributed by atoms with Gasteiger partial charge in [0.05, 0.1) is 28.9 Å². The summed E-state index contributed by atoms with van der Waals surface area (Å²) in [5.41, 5.74) is -3.20. The Labute approximate surface area is 315 Å². The minimum Gasteiger partial charge on any atom is -0.494 e. The monoisotopic (exact) mass is 794 g/mol. The van der Waals surface area contributed by atoms with Crippen molar-refractivity contribution in [2.24, 2.45) is 17.8 Å². The summed E-state index contributed by atoms with van der Waals surface area (Å²) < 4.78 is 81.6. The fourth-order valence-electron chi connectivity index (χ4n) is 7.43. The zero-order chi connectivity index (χ0) is 40.1. The highest BCUT2D eigenvalue weighted by atomic mass is 32.2. The Kier molecular flexibility index (Phi) is 10.7. The van der Waals surface area contributed by atoms with Crippen LogP contribution in [0.25, 0.3) is 11.0 Å². The molecular formula is C36H45F3N6O9S. The van der Waals surface area contributed by atoms with Crippen LogP contribution in [0.2, 0.25) is 0 Å². The van der Waals surface area contributed by atoms with Gasteiger partial charge >= 0.3 is 12.3 Å². The lowest BCUT2D eigenvalue weighted by Crippen LogP contribution is -2.59. The van der Waals surface area contributed by atoms with Crippen molar-refractivity contribution in [3.63, 3.8) is 0 Å². The predicted molar refractivity (Wildman–Crippen MR) is 190 cm³/mol. The van der Waals surface area contributed by atoms with E-state index < -0.39 is 98.4 Å². The second-order valence-corrected chi connectivity index (χ2v) is 17.5. The highest BCUT2D eigenvalue weighted by molar-refractivity contribution is 7.91. The first-order valence-electron chi connectivity index (χ1n) is 18.3. The topological polar surface area (TPSA) is 206 Å². The van der Waals surface area contributed by atoms with Gasteiger partial charge in [-0.05, 0) is 76.3 Å². The number of fused-ring (bicyclic) bond motifs is 3. The molecule has 19 heteroatoms. The average molecular weight is 795 g/mol. The Morgan fingerprint density at radius 1 is 1.13 bits per heavy atom. The minimum atomic E-state index is -5.01. The number of nitrogens with one attached hydrogen (secondary N) is 3. The van der Waals surface area contributed by atoms with Gasteiger partial charge < -0.3 is 30.1 Å². The summed E-state index contributed by atoms with van der Waals surface area (Å²) in [7, 11) is -4.11. The summed E-state index contributed by atoms with van der Waals surface area (Å²) in [4.78, 5) is 63.3. The highest BCUT2D eigenvalue weighted by Crippen LogP contribution is 2.48. The number of carboxylic acid groups (broad SMARTS) is 1. The number of carbonyl (C=O) groups excluding carboxylic acids is 3. The second kappa shape index (κ2) is 14.8. The van der Waals surface area contributed by atoms with E-state index in [2.05, 4.69) is 25.3 Å². The van der Waals surface area contributed by atoms with E-state index in [1.807, 2.05) is 13.0 Å². The molecule has 0 spiro atoms. The third-order valence-corrected chi connectivity index (χ3v) is 13.1. The molecule has 300 valence electrons. The van der Waals surface area contributed by atoms with Gasteiger partial charge in [-0.3, -0.25) is 19.1 Å². The molecule has 0 radical (unpaired) electrons. The van der Waals surface area contributed by atoms with E-state index in [0.717, 1.165) is 4.90 Å². The predicted octanol–water partition coefficient (Wildman–Crippen LogP) is 3.92. The molecule has 1 aromatic heterocycles. The maximum Gasteiger partial charge on any atom is 0.438 e. The fourth-order valence-corrected chi connectivity index (χ4v) is 8.74. The van der Waals surface area contributed by atoms with Crippen molar-refractivity contribution in [3.05, 3.63) is 36.0 Å². The number of alkyl halides is 3. The average Bonchev–Trinajstić information content (AvgIpc) is 3.98. The summed E-state index contributed by atoms with van der Waals surface area (Å²) in [6.07, 6.45) is -2.22. The first-order chi connectivity index (χ1) is 25.8. The molecule has 3 fully saturated rings. The zero-order valence-corrected chi connectivity index (χ0v) is 31.6. The first kappa shape index (κ1) is 40.0. The molecule has 4 aliphatic rings. The van der Waals surface area contributed by atoms with Gasteiger partial charge in [0.2, 0.25) is 33.4 Å². The summed E-state index contributed by atoms with van der Waals surface area (Å²) in [5.74, 6) is -4.40. The lowest BCUT2D eigenvalue weighted by Gasteiger charge is -2.32. The largest absolute Gasteiger partial charge is 0.494 e. The lowest BCUT2D eigenvalue weighted by atomic mass is 9.88. The van der Waals surface area contributed by atoms with Crippen LogP contribution in [0.1, 0.15) is 78.3 Å². The molecule has 2 aromatic rings. The molecule has 7 atom stereocenters. The molecule has 2 aliphatic carbocycles. The maximum atomic E-state index is 14.4. The van der Waals surface area contributed by atoms with Crippen molar-refractivity contribution in [1.29, 1.82) is 0 Å². The number of amides is 4. The zero-order valence-electron chi connectivity index (χ0n) is 30.8. The quantitative estimate of drug-likeness (QED) is 0.282. The molecule has 6 rings (SSSR count). The van der Waals surface area contributed by atoms with Crippen molar-refractivity contribution in [2.75, 3.05) is 13.2 Å². The fraction of sp³-hybridized carbons (Fsp3) is 0.611. The maximum absolute atomic E-state index is 14.4. The Morgan fingerprint density at radius 3 is 2.51 bits per heavy atom. The Hall–Kier alpha value is -4.68. The third-order valence-electron chi connectivity index (χ3n) is 11.0. The first-order valence-corrected chi connectivity index (χ1v) is 19.8. The third kappa shape index (κ3) is 8.30. The van der Waals surface area contributed by atoms with Crippen molar-refractivity contribution in [3.8, 4) is 11.6 Å². The molecule has 4 amide bonds. The molecule has 3 heterocycles. The van der Waals surface area contributed by atoms with Crippen molar-refractivity contribution >= 4 is 44.9 Å². The van der Waals surface area contributed by atoms with Crippen LogP contribution in [0.15, 0.2) is 30.4 Å². The Balaban J connectivity index is 1.37. The molecule has 1 saturated heterocycles. The molecule has 2 aliphatic heterocycles. The van der Waals surface area contributed by atoms with Gasteiger partial charge in [-0.25, -0.2) is 23.2 Å². The lowest BCUT2D eigenvalue weighted by molar-refractivity contribution is -0.143. The Morgan fingerprint density at radius 2 is 1.85 bits per heavy atom. The van der Waals surface area contributed by atoms with E-state index in [-0.39, 0.29) is 36.4 Å². The minimum absolute atomic E-state index is 0.00749. The van der Waals surface area contributed by atoms with Crippen LogP contribution in [0.5, 0.6) is 11.6 Å². The number of allylic oxidation sites excluding steroid dienone is 1. The number of aromatic nitrogens is 2. The van der Waals surface area contributed by atoms with Crippen LogP contribution in [0.4, 0.5) is 18.0 Å². The van der Waals surface area contributed by atoms with Crippen LogP contribution < -0.4 is 24.8 Å². The number of benzene rings is 1. The SMILES string of the molecule is CCOc1ccc2nc(C(F)(F)F)c(O[C@@H]3C[C@H]4C(=O)N[C@]5(C(=O)NS(=O)(=O)C6(C)CC6)C[C@H]5/C=C\CC[C@@H](C)C[C@@H](C)[C@H](NC(=O)O)C(=O)N4C3)nc2c1. The van der Waals surface area contributed by atoms with Gasteiger partial charge in [0.1, 0.15) is 29.5 Å². The van der Waals surface area contributed by atoms with E-state index in [9.17, 15) is 45.9 Å². The number of hydrogen-bond acceptors (Lipinski definition) is 10. The van der Waals surface area contributed by atoms with E-state index in [1.54, 1.807) is 19.9 Å². The number of carbonyl (C=O) groups is 4. The Bertz CT molecular complexity index is 2010. The molecule has 2 saturated carbocycles. The molecule has 15 nitrogen and oxygen atoms in total. The molecule has 0 unspecified atom stereocenters. The number of rotatable bonds is 8. The number of sulfonamides is 1. The van der Waals surface area contributed by atoms with Crippen molar-refractivity contribution < 1.29 is 55.3 Å². The van der Waals surface area contributed by atoms with Crippen molar-refractivity contribution in [1.82, 2.24) is 30.2 Å². The number of halogens is 3. The molecule has 1 aromatic carbocycles. The normalized spacial score (nSPS) is 30.1. The van der Waals surface area contributed by atoms with Gasteiger partial charge in [0.15, 0.2) is 0 Å². The second-order valence-electron chi connectivity index (χ2n) is 15.3. The smallest absolute Gasteiger partial charge is 0.438 e. The van der Waals surface area contributed by atoms with Crippen LogP contribution in [-0.2, 0) is 30.6 Å². The highest BCUT2D eigenvalue weighted by Gasteiger charge is 2.63. The van der Waals surface area contributed by atoms with Crippen LogP contribution in [0.3, 0.4) is 0 Å². The van der Waals surface area contributed by atoms with Gasteiger partial charge in [-0.1, -0.05) is 26.0 Å². The van der Waals surface area contributed by atoms with E-state index in [1.165, 1.54) is 25.1 Å². The van der Waals surface area contributed by atoms with E-state index >= 15 is 0 Å². The number of nitrogens with zero attached hydrogens (tertiary/aromatic N) is 3. The van der Waals surface area contributed by atoms with Crippen LogP contribution >= 0.6 is 0 Å². The summed E-state index contributed by atoms with van der Waals surface area (Å²) in [6, 6.07) is 1.35. The van der Waals surface area contributed by atoms with Crippen molar-refractivity contribution in [2.45, 2.75) is 107 Å². The molecule has 4 N–H and O–H groups in total. The summed E-state index contributed by atoms with van der Waals surface area (Å²) >= 11 is 0. The van der Waals surface area contributed by atoms with E-state index in [0.29, 0.717) is 37.9 Å². The van der Waals surface area contributed by atoms with Gasteiger partial charge in [0, 0.05) is 18.4 Å². The van der Waals surface area contributed by atoms with Gasteiger partial charge in [-0.15, -0.1) is 0 Å². The van der Waals surface area contributed by atoms with Crippen LogP contribution in [0, 0.1) is 17.8 Å². The van der Waals surface area contributed by atoms with Gasteiger partial charge in [0.25, 0.3) is 5.91 Å².